The number of aromatic nitrogens is 1. The first-order valence-corrected chi connectivity index (χ1v) is 12.6. The largest absolute Gasteiger partial charge is 0.494 e. The van der Waals surface area contributed by atoms with Crippen molar-refractivity contribution in [2.24, 2.45) is 5.10 Å². The van der Waals surface area contributed by atoms with Crippen LogP contribution in [-0.4, -0.2) is 41.9 Å². The van der Waals surface area contributed by atoms with Crippen molar-refractivity contribution >= 4 is 22.5 Å². The zero-order chi connectivity index (χ0) is 25.9. The van der Waals surface area contributed by atoms with Gasteiger partial charge in [0.15, 0.2) is 0 Å². The summed E-state index contributed by atoms with van der Waals surface area (Å²) in [5.41, 5.74) is 7.98. The summed E-state index contributed by atoms with van der Waals surface area (Å²) in [5, 5.41) is 7.55. The van der Waals surface area contributed by atoms with E-state index < -0.39 is 0 Å². The van der Waals surface area contributed by atoms with Gasteiger partial charge in [-0.25, -0.2) is 5.01 Å². The number of rotatable bonds is 7. The van der Waals surface area contributed by atoms with E-state index in [-0.39, 0.29) is 18.6 Å². The van der Waals surface area contributed by atoms with Crippen molar-refractivity contribution < 1.29 is 14.3 Å². The molecule has 37 heavy (non-hydrogen) atoms. The first-order chi connectivity index (χ1) is 18.0. The predicted octanol–water partition coefficient (Wildman–Crippen LogP) is 6.24. The number of carbonyl (C=O) groups is 1. The first kappa shape index (κ1) is 24.7. The Bertz CT molecular complexity index is 1480. The molecular formula is C31H31N3O3. The van der Waals surface area contributed by atoms with Crippen molar-refractivity contribution in [3.05, 3.63) is 95.2 Å². The average Bonchev–Trinajstić information content (AvgIpc) is 3.34. The highest BCUT2D eigenvalue weighted by Crippen LogP contribution is 2.40. The molecule has 0 bridgehead atoms. The molecule has 0 radical (unpaired) electrons. The molecule has 0 saturated heterocycles. The molecule has 5 rings (SSSR count). The predicted molar refractivity (Wildman–Crippen MR) is 147 cm³/mol. The normalized spacial score (nSPS) is 15.2. The van der Waals surface area contributed by atoms with Crippen molar-refractivity contribution in [3.8, 4) is 16.9 Å². The van der Waals surface area contributed by atoms with Crippen LogP contribution in [0.2, 0.25) is 0 Å². The molecule has 3 aromatic carbocycles. The van der Waals surface area contributed by atoms with Gasteiger partial charge in [-0.15, -0.1) is 0 Å². The van der Waals surface area contributed by atoms with E-state index in [1.165, 1.54) is 12.7 Å². The van der Waals surface area contributed by atoms with E-state index in [0.717, 1.165) is 50.3 Å². The molecule has 1 aromatic heterocycles. The standard InChI is InChI=1S/C31H31N3O3/c1-5-37-24-10-8-9-23(17-24)28-18-27(33-34(28)29(35)19-36-4)30-21(3)32-26-12-7-6-11-25(26)31(30)22-15-13-20(2)14-16-22/h6-17,28H,5,18-19H2,1-4H3/t28-/m1/s1. The monoisotopic (exact) mass is 493 g/mol. The number of hydrogen-bond donors (Lipinski definition) is 0. The van der Waals surface area contributed by atoms with Crippen LogP contribution in [0.3, 0.4) is 0 Å². The van der Waals surface area contributed by atoms with E-state index in [1.54, 1.807) is 5.01 Å². The summed E-state index contributed by atoms with van der Waals surface area (Å²) in [5.74, 6) is 0.587. The summed E-state index contributed by atoms with van der Waals surface area (Å²) in [6.07, 6.45) is 0.560. The summed E-state index contributed by atoms with van der Waals surface area (Å²) >= 11 is 0. The molecule has 0 spiro atoms. The number of methoxy groups -OCH3 is 1. The Morgan fingerprint density at radius 2 is 1.78 bits per heavy atom. The van der Waals surface area contributed by atoms with E-state index in [0.29, 0.717) is 13.0 Å². The van der Waals surface area contributed by atoms with Gasteiger partial charge in [0.05, 0.1) is 23.9 Å². The third kappa shape index (κ3) is 4.85. The highest BCUT2D eigenvalue weighted by Gasteiger charge is 2.35. The van der Waals surface area contributed by atoms with Gasteiger partial charge in [-0.3, -0.25) is 9.78 Å². The molecule has 1 aliphatic heterocycles. The van der Waals surface area contributed by atoms with Crippen LogP contribution >= 0.6 is 0 Å². The molecule has 6 nitrogen and oxygen atoms in total. The van der Waals surface area contributed by atoms with Crippen LogP contribution in [0.1, 0.15) is 41.8 Å². The number of ether oxygens (including phenoxy) is 2. The fourth-order valence-electron chi connectivity index (χ4n) is 5.03. The maximum Gasteiger partial charge on any atom is 0.269 e. The topological polar surface area (TPSA) is 64.0 Å². The van der Waals surface area contributed by atoms with Crippen LogP contribution < -0.4 is 4.74 Å². The second-order valence-corrected chi connectivity index (χ2v) is 9.27. The number of hydrogen-bond acceptors (Lipinski definition) is 5. The fourth-order valence-corrected chi connectivity index (χ4v) is 5.03. The van der Waals surface area contributed by atoms with E-state index >= 15 is 0 Å². The van der Waals surface area contributed by atoms with Crippen molar-refractivity contribution in [2.45, 2.75) is 33.2 Å². The summed E-state index contributed by atoms with van der Waals surface area (Å²) in [7, 11) is 1.52. The molecule has 2 heterocycles. The molecule has 1 amide bonds. The van der Waals surface area contributed by atoms with Gasteiger partial charge in [0.1, 0.15) is 12.4 Å². The third-order valence-electron chi connectivity index (χ3n) is 6.69. The van der Waals surface area contributed by atoms with Gasteiger partial charge in [0.25, 0.3) is 5.91 Å². The average molecular weight is 494 g/mol. The van der Waals surface area contributed by atoms with Gasteiger partial charge < -0.3 is 9.47 Å². The molecule has 6 heteroatoms. The number of carbonyl (C=O) groups excluding carboxylic acids is 1. The number of nitrogens with zero attached hydrogens (tertiary/aromatic N) is 3. The number of amides is 1. The number of hydrazone groups is 1. The van der Waals surface area contributed by atoms with Crippen LogP contribution in [0, 0.1) is 13.8 Å². The smallest absolute Gasteiger partial charge is 0.269 e. The van der Waals surface area contributed by atoms with E-state index in [9.17, 15) is 4.79 Å². The zero-order valence-electron chi connectivity index (χ0n) is 21.7. The molecule has 0 fully saturated rings. The third-order valence-corrected chi connectivity index (χ3v) is 6.69. The Morgan fingerprint density at radius 1 is 1.00 bits per heavy atom. The Hall–Kier alpha value is -4.03. The van der Waals surface area contributed by atoms with Gasteiger partial charge >= 0.3 is 0 Å². The Labute approximate surface area is 217 Å². The van der Waals surface area contributed by atoms with Crippen molar-refractivity contribution in [2.75, 3.05) is 20.3 Å². The highest BCUT2D eigenvalue weighted by molar-refractivity contribution is 6.14. The molecule has 0 saturated carbocycles. The van der Waals surface area contributed by atoms with Crippen LogP contribution in [0.5, 0.6) is 5.75 Å². The van der Waals surface area contributed by atoms with Gasteiger partial charge in [-0.05, 0) is 50.1 Å². The second kappa shape index (κ2) is 10.5. The van der Waals surface area contributed by atoms with E-state index in [4.69, 9.17) is 19.6 Å². The Kier molecular flexibility index (Phi) is 7.01. The summed E-state index contributed by atoms with van der Waals surface area (Å²) in [6, 6.07) is 24.3. The molecule has 0 N–H and O–H groups in total. The second-order valence-electron chi connectivity index (χ2n) is 9.27. The quantitative estimate of drug-likeness (QED) is 0.306. The lowest BCUT2D eigenvalue weighted by Crippen LogP contribution is -2.30. The summed E-state index contributed by atoms with van der Waals surface area (Å²) in [6.45, 7) is 6.59. The highest BCUT2D eigenvalue weighted by atomic mass is 16.5. The SMILES string of the molecule is CCOc1cccc([C@H]2CC(c3c(C)nc4ccccc4c3-c3ccc(C)cc3)=NN2C(=O)COC)c1. The van der Waals surface area contributed by atoms with Crippen molar-refractivity contribution in [1.82, 2.24) is 9.99 Å². The minimum atomic E-state index is -0.269. The maximum absolute atomic E-state index is 13.2. The van der Waals surface area contributed by atoms with Crippen molar-refractivity contribution in [1.29, 1.82) is 0 Å². The van der Waals surface area contributed by atoms with Crippen LogP contribution in [0.25, 0.3) is 22.0 Å². The maximum atomic E-state index is 13.2. The zero-order valence-corrected chi connectivity index (χ0v) is 21.7. The lowest BCUT2D eigenvalue weighted by Gasteiger charge is -2.22. The molecule has 0 aliphatic carbocycles. The van der Waals surface area contributed by atoms with Gasteiger partial charge in [0.2, 0.25) is 0 Å². The minimum absolute atomic E-state index is 0.0434. The fraction of sp³-hybridized carbons (Fsp3) is 0.258. The Morgan fingerprint density at radius 3 is 2.54 bits per heavy atom. The van der Waals surface area contributed by atoms with Gasteiger partial charge in [0, 0.05) is 35.7 Å². The number of fused-ring (bicyclic) bond motifs is 1. The van der Waals surface area contributed by atoms with Crippen LogP contribution in [0.15, 0.2) is 77.9 Å². The number of benzene rings is 3. The van der Waals surface area contributed by atoms with Crippen LogP contribution in [0.4, 0.5) is 0 Å². The molecule has 188 valence electrons. The number of pyridine rings is 1. The molecule has 4 aromatic rings. The Balaban J connectivity index is 1.68. The van der Waals surface area contributed by atoms with Crippen LogP contribution in [-0.2, 0) is 9.53 Å². The van der Waals surface area contributed by atoms with E-state index in [2.05, 4.69) is 37.3 Å². The number of aryl methyl sites for hydroxylation is 2. The van der Waals surface area contributed by atoms with E-state index in [1.807, 2.05) is 56.3 Å². The first-order valence-electron chi connectivity index (χ1n) is 12.6. The number of para-hydroxylation sites is 1. The summed E-state index contributed by atoms with van der Waals surface area (Å²) < 4.78 is 10.9. The minimum Gasteiger partial charge on any atom is -0.494 e. The van der Waals surface area contributed by atoms with Gasteiger partial charge in [-0.1, -0.05) is 60.2 Å². The van der Waals surface area contributed by atoms with Gasteiger partial charge in [-0.2, -0.15) is 5.10 Å². The molecule has 0 unspecified atom stereocenters. The lowest BCUT2D eigenvalue weighted by atomic mass is 9.89. The molecular weight excluding hydrogens is 462 g/mol. The summed E-state index contributed by atoms with van der Waals surface area (Å²) in [4.78, 5) is 18.1. The van der Waals surface area contributed by atoms with Crippen molar-refractivity contribution in [3.63, 3.8) is 0 Å². The lowest BCUT2D eigenvalue weighted by molar-refractivity contribution is -0.137. The molecule has 1 aliphatic rings. The molecule has 1 atom stereocenters.